The molecule has 2 nitrogen and oxygen atoms in total. The van der Waals surface area contributed by atoms with Gasteiger partial charge in [0.25, 0.3) is 0 Å². The second-order valence-electron chi connectivity index (χ2n) is 6.33. The molecule has 2 heteroatoms. The maximum Gasteiger partial charge on any atom is 0.123 e. The van der Waals surface area contributed by atoms with E-state index in [-0.39, 0.29) is 12.0 Å². The van der Waals surface area contributed by atoms with Crippen LogP contribution in [0.4, 0.5) is 0 Å². The molecule has 114 valence electrons. The molecule has 0 amide bonds. The molecule has 0 aliphatic heterocycles. The molecular formula is C19H27NO. The number of nitriles is 1. The van der Waals surface area contributed by atoms with Gasteiger partial charge >= 0.3 is 0 Å². The molecule has 1 fully saturated rings. The number of para-hydroxylation sites is 1. The zero-order valence-corrected chi connectivity index (χ0v) is 13.5. The van der Waals surface area contributed by atoms with Gasteiger partial charge in [0.15, 0.2) is 0 Å². The van der Waals surface area contributed by atoms with E-state index in [9.17, 15) is 5.26 Å². The first-order valence-electron chi connectivity index (χ1n) is 8.34. The Balaban J connectivity index is 2.17. The van der Waals surface area contributed by atoms with Gasteiger partial charge in [0.2, 0.25) is 0 Å². The molecule has 1 aliphatic rings. The summed E-state index contributed by atoms with van der Waals surface area (Å²) in [6, 6.07) is 10.8. The summed E-state index contributed by atoms with van der Waals surface area (Å²) in [4.78, 5) is 0. The lowest BCUT2D eigenvalue weighted by Gasteiger charge is -2.33. The Morgan fingerprint density at radius 2 is 2.05 bits per heavy atom. The van der Waals surface area contributed by atoms with Crippen LogP contribution in [0.5, 0.6) is 5.75 Å². The third kappa shape index (κ3) is 3.79. The molecule has 1 aromatic carbocycles. The van der Waals surface area contributed by atoms with Crippen LogP contribution in [-0.2, 0) is 0 Å². The Morgan fingerprint density at radius 3 is 2.71 bits per heavy atom. The number of ether oxygens (including phenoxy) is 1. The standard InChI is InChI=1S/C19H27NO/c1-4-14(3)17-8-6-7-9-18(17)21-19-12-15(5-2)10-11-16(19)13-20/h6-9,14-16,19H,4-5,10-12H2,1-3H3. The van der Waals surface area contributed by atoms with Gasteiger partial charge < -0.3 is 4.74 Å². The fourth-order valence-corrected chi connectivity index (χ4v) is 3.24. The highest BCUT2D eigenvalue weighted by molar-refractivity contribution is 5.36. The maximum atomic E-state index is 9.39. The summed E-state index contributed by atoms with van der Waals surface area (Å²) in [5.41, 5.74) is 1.27. The predicted molar refractivity (Wildman–Crippen MR) is 86.3 cm³/mol. The Kier molecular flexibility index (Phi) is 5.67. The van der Waals surface area contributed by atoms with Crippen LogP contribution in [-0.4, -0.2) is 6.10 Å². The minimum atomic E-state index is 0.0396. The normalized spacial score (nSPS) is 26.9. The molecule has 0 heterocycles. The lowest BCUT2D eigenvalue weighted by atomic mass is 9.79. The third-order valence-electron chi connectivity index (χ3n) is 4.98. The van der Waals surface area contributed by atoms with Gasteiger partial charge in [0, 0.05) is 0 Å². The van der Waals surface area contributed by atoms with E-state index in [1.165, 1.54) is 18.4 Å². The molecule has 0 N–H and O–H groups in total. The van der Waals surface area contributed by atoms with Crippen LogP contribution in [0, 0.1) is 23.2 Å². The van der Waals surface area contributed by atoms with Crippen molar-refractivity contribution >= 4 is 0 Å². The second kappa shape index (κ2) is 7.50. The zero-order chi connectivity index (χ0) is 15.2. The zero-order valence-electron chi connectivity index (χ0n) is 13.5. The van der Waals surface area contributed by atoms with Crippen molar-refractivity contribution in [2.45, 2.75) is 64.9 Å². The molecule has 4 unspecified atom stereocenters. The van der Waals surface area contributed by atoms with Crippen LogP contribution in [0.2, 0.25) is 0 Å². The predicted octanol–water partition coefficient (Wildman–Crippen LogP) is 5.30. The van der Waals surface area contributed by atoms with Crippen LogP contribution in [0.15, 0.2) is 24.3 Å². The van der Waals surface area contributed by atoms with Crippen LogP contribution in [0.1, 0.15) is 64.4 Å². The topological polar surface area (TPSA) is 33.0 Å². The Labute approximate surface area is 129 Å². The van der Waals surface area contributed by atoms with Gasteiger partial charge in [-0.25, -0.2) is 0 Å². The minimum absolute atomic E-state index is 0.0396. The average molecular weight is 285 g/mol. The van der Waals surface area contributed by atoms with E-state index in [1.54, 1.807) is 0 Å². The highest BCUT2D eigenvalue weighted by Crippen LogP contribution is 2.36. The molecule has 1 saturated carbocycles. The quantitative estimate of drug-likeness (QED) is 0.735. The van der Waals surface area contributed by atoms with Crippen molar-refractivity contribution in [3.05, 3.63) is 29.8 Å². The number of benzene rings is 1. The van der Waals surface area contributed by atoms with Crippen molar-refractivity contribution < 1.29 is 4.74 Å². The fourth-order valence-electron chi connectivity index (χ4n) is 3.24. The van der Waals surface area contributed by atoms with Crippen LogP contribution < -0.4 is 4.74 Å². The van der Waals surface area contributed by atoms with Crippen LogP contribution in [0.25, 0.3) is 0 Å². The SMILES string of the molecule is CCC1CCC(C#N)C(Oc2ccccc2C(C)CC)C1. The largest absolute Gasteiger partial charge is 0.489 e. The first-order valence-corrected chi connectivity index (χ1v) is 8.34. The van der Waals surface area contributed by atoms with E-state index < -0.39 is 0 Å². The highest BCUT2D eigenvalue weighted by Gasteiger charge is 2.32. The summed E-state index contributed by atoms with van der Waals surface area (Å²) in [5.74, 6) is 2.22. The molecule has 0 saturated heterocycles. The lowest BCUT2D eigenvalue weighted by molar-refractivity contribution is 0.0880. The molecule has 1 aromatic rings. The molecule has 21 heavy (non-hydrogen) atoms. The highest BCUT2D eigenvalue weighted by atomic mass is 16.5. The van der Waals surface area contributed by atoms with E-state index in [0.29, 0.717) is 11.8 Å². The van der Waals surface area contributed by atoms with Crippen LogP contribution >= 0.6 is 0 Å². The summed E-state index contributed by atoms with van der Waals surface area (Å²) in [6.07, 6.45) is 5.50. The monoisotopic (exact) mass is 285 g/mol. The van der Waals surface area contributed by atoms with Gasteiger partial charge in [-0.05, 0) is 49.1 Å². The van der Waals surface area contributed by atoms with Crippen molar-refractivity contribution in [1.29, 1.82) is 5.26 Å². The smallest absolute Gasteiger partial charge is 0.123 e. The summed E-state index contributed by atoms with van der Waals surface area (Å²) < 4.78 is 6.32. The molecule has 0 spiro atoms. The van der Waals surface area contributed by atoms with Crippen molar-refractivity contribution in [3.8, 4) is 11.8 Å². The van der Waals surface area contributed by atoms with Crippen molar-refractivity contribution in [1.82, 2.24) is 0 Å². The molecule has 1 aliphatic carbocycles. The van der Waals surface area contributed by atoms with E-state index in [1.807, 2.05) is 6.07 Å². The summed E-state index contributed by atoms with van der Waals surface area (Å²) in [6.45, 7) is 6.68. The first kappa shape index (κ1) is 15.9. The number of rotatable bonds is 5. The molecule has 2 rings (SSSR count). The summed E-state index contributed by atoms with van der Waals surface area (Å²) >= 11 is 0. The van der Waals surface area contributed by atoms with E-state index >= 15 is 0 Å². The van der Waals surface area contributed by atoms with Crippen molar-refractivity contribution in [2.24, 2.45) is 11.8 Å². The fraction of sp³-hybridized carbons (Fsp3) is 0.632. The van der Waals surface area contributed by atoms with Crippen molar-refractivity contribution in [2.75, 3.05) is 0 Å². The third-order valence-corrected chi connectivity index (χ3v) is 4.98. The molecule has 0 aromatic heterocycles. The Bertz CT molecular complexity index is 491. The van der Waals surface area contributed by atoms with E-state index in [4.69, 9.17) is 4.74 Å². The molecule has 0 bridgehead atoms. The molecular weight excluding hydrogens is 258 g/mol. The van der Waals surface area contributed by atoms with E-state index in [2.05, 4.69) is 45.0 Å². The van der Waals surface area contributed by atoms with E-state index in [0.717, 1.165) is 25.0 Å². The maximum absolute atomic E-state index is 9.39. The van der Waals surface area contributed by atoms with Gasteiger partial charge in [0.05, 0.1) is 12.0 Å². The Morgan fingerprint density at radius 1 is 1.29 bits per heavy atom. The number of hydrogen-bond acceptors (Lipinski definition) is 2. The Hall–Kier alpha value is -1.49. The van der Waals surface area contributed by atoms with Crippen molar-refractivity contribution in [3.63, 3.8) is 0 Å². The van der Waals surface area contributed by atoms with Gasteiger partial charge in [-0.15, -0.1) is 0 Å². The summed E-state index contributed by atoms with van der Waals surface area (Å²) in [7, 11) is 0. The lowest BCUT2D eigenvalue weighted by Crippen LogP contribution is -2.33. The van der Waals surface area contributed by atoms with Gasteiger partial charge in [0.1, 0.15) is 11.9 Å². The second-order valence-corrected chi connectivity index (χ2v) is 6.33. The van der Waals surface area contributed by atoms with Gasteiger partial charge in [-0.2, -0.15) is 5.26 Å². The van der Waals surface area contributed by atoms with Gasteiger partial charge in [-0.3, -0.25) is 0 Å². The van der Waals surface area contributed by atoms with Gasteiger partial charge in [-0.1, -0.05) is 45.4 Å². The first-order chi connectivity index (χ1) is 10.2. The number of nitrogens with zero attached hydrogens (tertiary/aromatic N) is 1. The summed E-state index contributed by atoms with van der Waals surface area (Å²) in [5, 5.41) is 9.39. The average Bonchev–Trinajstić information content (AvgIpc) is 2.54. The molecule has 0 radical (unpaired) electrons. The molecule has 4 atom stereocenters. The minimum Gasteiger partial charge on any atom is -0.489 e. The van der Waals surface area contributed by atoms with Crippen LogP contribution in [0.3, 0.4) is 0 Å². The number of hydrogen-bond donors (Lipinski definition) is 0.